The molecule has 1 saturated heterocycles. The van der Waals surface area contributed by atoms with Gasteiger partial charge < -0.3 is 18.9 Å². The maximum Gasteiger partial charge on any atom is 0.304 e. The average molecular weight is 291 g/mol. The second-order valence-corrected chi connectivity index (χ2v) is 5.50. The smallest absolute Gasteiger partial charge is 0.304 e. The minimum atomic E-state index is -1.51. The zero-order chi connectivity index (χ0) is 15.0. The highest BCUT2D eigenvalue weighted by atomic mass is 16.7. The number of ether oxygens (including phenoxy) is 4. The molecule has 0 N–H and O–H groups in total. The number of nitriles is 1. The van der Waals surface area contributed by atoms with E-state index < -0.39 is 23.0 Å². The molecular formula is C15H17NO5. The third-order valence-electron chi connectivity index (χ3n) is 3.88. The monoisotopic (exact) mass is 291 g/mol. The van der Waals surface area contributed by atoms with E-state index in [9.17, 15) is 10.1 Å². The van der Waals surface area contributed by atoms with Crippen LogP contribution in [0, 0.1) is 11.3 Å². The van der Waals surface area contributed by atoms with Gasteiger partial charge in [0.05, 0.1) is 19.8 Å². The molecule has 0 saturated carbocycles. The molecular weight excluding hydrogens is 274 g/mol. The third kappa shape index (κ3) is 2.18. The summed E-state index contributed by atoms with van der Waals surface area (Å²) in [6, 6.07) is 2.11. The molecule has 1 fully saturated rings. The number of nitrogens with zero attached hydrogens (tertiary/aromatic N) is 1. The number of carbonyl (C=O) groups is 1. The molecule has 0 unspecified atom stereocenters. The van der Waals surface area contributed by atoms with Gasteiger partial charge in [-0.15, -0.1) is 0 Å². The van der Waals surface area contributed by atoms with Crippen LogP contribution in [0.25, 0.3) is 0 Å². The van der Waals surface area contributed by atoms with Crippen LogP contribution in [-0.2, 0) is 23.7 Å². The molecule has 6 heteroatoms. The molecule has 3 atom stereocenters. The first-order chi connectivity index (χ1) is 10.1. The van der Waals surface area contributed by atoms with Crippen molar-refractivity contribution >= 4 is 5.97 Å². The quantitative estimate of drug-likeness (QED) is 0.534. The fraction of sp³-hybridized carbons (Fsp3) is 0.600. The summed E-state index contributed by atoms with van der Waals surface area (Å²) in [5.74, 6) is -1.92. The van der Waals surface area contributed by atoms with Crippen molar-refractivity contribution in [2.45, 2.75) is 36.8 Å². The zero-order valence-electron chi connectivity index (χ0n) is 11.8. The van der Waals surface area contributed by atoms with Gasteiger partial charge >= 0.3 is 5.97 Å². The molecule has 6 nitrogen and oxygen atoms in total. The van der Waals surface area contributed by atoms with E-state index in [1.54, 1.807) is 6.08 Å². The summed E-state index contributed by atoms with van der Waals surface area (Å²) in [5.41, 5.74) is -2.33. The van der Waals surface area contributed by atoms with E-state index in [0.717, 1.165) is 6.42 Å². The number of hydrogen-bond donors (Lipinski definition) is 0. The van der Waals surface area contributed by atoms with Gasteiger partial charge in [-0.1, -0.05) is 18.2 Å². The van der Waals surface area contributed by atoms with Crippen LogP contribution in [0.5, 0.6) is 0 Å². The maximum atomic E-state index is 11.5. The van der Waals surface area contributed by atoms with Crippen LogP contribution < -0.4 is 0 Å². The van der Waals surface area contributed by atoms with Crippen molar-refractivity contribution in [3.63, 3.8) is 0 Å². The lowest BCUT2D eigenvalue weighted by molar-refractivity contribution is -0.267. The van der Waals surface area contributed by atoms with E-state index in [1.165, 1.54) is 6.92 Å². The molecule has 0 aromatic carbocycles. The van der Waals surface area contributed by atoms with Gasteiger partial charge in [-0.05, 0) is 12.5 Å². The van der Waals surface area contributed by atoms with Crippen LogP contribution in [-0.4, -0.2) is 42.8 Å². The van der Waals surface area contributed by atoms with Crippen molar-refractivity contribution in [2.24, 2.45) is 0 Å². The summed E-state index contributed by atoms with van der Waals surface area (Å²) in [5, 5.41) is 9.71. The van der Waals surface area contributed by atoms with Crippen LogP contribution in [0.1, 0.15) is 19.8 Å². The van der Waals surface area contributed by atoms with Gasteiger partial charge in [0.25, 0.3) is 5.60 Å². The zero-order valence-corrected chi connectivity index (χ0v) is 11.8. The van der Waals surface area contributed by atoms with E-state index in [2.05, 4.69) is 6.07 Å². The van der Waals surface area contributed by atoms with Gasteiger partial charge in [0.1, 0.15) is 11.7 Å². The second kappa shape index (κ2) is 4.95. The van der Waals surface area contributed by atoms with Gasteiger partial charge in [0.15, 0.2) is 0 Å². The predicted octanol–water partition coefficient (Wildman–Crippen LogP) is 1.23. The van der Waals surface area contributed by atoms with Crippen LogP contribution >= 0.6 is 0 Å². The molecule has 0 bridgehead atoms. The first kappa shape index (κ1) is 14.3. The molecule has 3 aliphatic rings. The second-order valence-electron chi connectivity index (χ2n) is 5.50. The molecule has 0 amide bonds. The Morgan fingerprint density at radius 3 is 2.81 bits per heavy atom. The van der Waals surface area contributed by atoms with E-state index in [4.69, 9.17) is 18.9 Å². The lowest BCUT2D eigenvalue weighted by Crippen LogP contribution is -2.54. The van der Waals surface area contributed by atoms with Gasteiger partial charge in [0, 0.05) is 13.3 Å². The fourth-order valence-electron chi connectivity index (χ4n) is 3.12. The molecule has 0 aromatic rings. The third-order valence-corrected chi connectivity index (χ3v) is 3.88. The highest BCUT2D eigenvalue weighted by Crippen LogP contribution is 2.51. The summed E-state index contributed by atoms with van der Waals surface area (Å²) in [6.07, 6.45) is 8.17. The van der Waals surface area contributed by atoms with E-state index in [1.807, 2.05) is 18.2 Å². The topological polar surface area (TPSA) is 77.8 Å². The van der Waals surface area contributed by atoms with E-state index in [0.29, 0.717) is 19.8 Å². The molecule has 3 aliphatic heterocycles. The molecule has 21 heavy (non-hydrogen) atoms. The van der Waals surface area contributed by atoms with Crippen LogP contribution in [0.15, 0.2) is 24.3 Å². The Labute approximate surface area is 122 Å². The van der Waals surface area contributed by atoms with Crippen molar-refractivity contribution < 1.29 is 23.7 Å². The first-order valence-electron chi connectivity index (χ1n) is 6.94. The highest BCUT2D eigenvalue weighted by Gasteiger charge is 2.68. The Hall–Kier alpha value is -1.68. The highest BCUT2D eigenvalue weighted by molar-refractivity contribution is 5.67. The lowest BCUT2D eigenvalue weighted by atomic mass is 9.85. The minimum absolute atomic E-state index is 0.177. The number of esters is 1. The average Bonchev–Trinajstić information content (AvgIpc) is 2.70. The van der Waals surface area contributed by atoms with Crippen molar-refractivity contribution in [2.75, 3.05) is 19.8 Å². The van der Waals surface area contributed by atoms with Gasteiger partial charge in [0.2, 0.25) is 5.79 Å². The van der Waals surface area contributed by atoms with Gasteiger partial charge in [-0.3, -0.25) is 4.79 Å². The normalized spacial score (nSPS) is 41.3. The standard InChI is InChI=1S/C15H17NO5/c1-12(17)20-14(10-16)9-13(5-4-7-18-11-13)21-15(14)6-2-3-8-19-15/h2,4-6H,3,7-9,11H2,1H3/t13-,14-,15-/m1/s1. The molecule has 0 aromatic heterocycles. The summed E-state index contributed by atoms with van der Waals surface area (Å²) < 4.78 is 22.7. The molecule has 3 rings (SSSR count). The van der Waals surface area contributed by atoms with Crippen LogP contribution in [0.2, 0.25) is 0 Å². The number of rotatable bonds is 1. The van der Waals surface area contributed by atoms with Crippen molar-refractivity contribution in [3.8, 4) is 6.07 Å². The van der Waals surface area contributed by atoms with Gasteiger partial charge in [-0.25, -0.2) is 0 Å². The minimum Gasteiger partial charge on any atom is -0.437 e. The molecule has 112 valence electrons. The van der Waals surface area contributed by atoms with Crippen molar-refractivity contribution in [1.82, 2.24) is 0 Å². The molecule has 0 radical (unpaired) electrons. The van der Waals surface area contributed by atoms with Crippen LogP contribution in [0.3, 0.4) is 0 Å². The Morgan fingerprint density at radius 1 is 1.38 bits per heavy atom. The van der Waals surface area contributed by atoms with Crippen molar-refractivity contribution in [1.29, 1.82) is 5.26 Å². The fourth-order valence-corrected chi connectivity index (χ4v) is 3.12. The molecule has 2 spiro atoms. The van der Waals surface area contributed by atoms with E-state index >= 15 is 0 Å². The summed E-state index contributed by atoms with van der Waals surface area (Å²) in [4.78, 5) is 11.5. The summed E-state index contributed by atoms with van der Waals surface area (Å²) >= 11 is 0. The molecule has 3 heterocycles. The Bertz CT molecular complexity index is 551. The number of carbonyl (C=O) groups excluding carboxylic acids is 1. The Morgan fingerprint density at radius 2 is 2.24 bits per heavy atom. The Balaban J connectivity index is 2.06. The SMILES string of the molecule is CC(=O)O[C@@]1(C#N)C[C@@]2(C=CCOC2)O[C@]12C=CCCO2. The Kier molecular flexibility index (Phi) is 3.36. The largest absolute Gasteiger partial charge is 0.437 e. The van der Waals surface area contributed by atoms with Crippen molar-refractivity contribution in [3.05, 3.63) is 24.3 Å². The maximum absolute atomic E-state index is 11.5. The van der Waals surface area contributed by atoms with Gasteiger partial charge in [-0.2, -0.15) is 5.26 Å². The molecule has 0 aliphatic carbocycles. The van der Waals surface area contributed by atoms with Crippen LogP contribution in [0.4, 0.5) is 0 Å². The lowest BCUT2D eigenvalue weighted by Gasteiger charge is -2.38. The summed E-state index contributed by atoms with van der Waals surface area (Å²) in [6.45, 7) is 2.48. The predicted molar refractivity (Wildman–Crippen MR) is 70.9 cm³/mol. The summed E-state index contributed by atoms with van der Waals surface area (Å²) in [7, 11) is 0. The van der Waals surface area contributed by atoms with E-state index in [-0.39, 0.29) is 6.42 Å². The number of hydrogen-bond acceptors (Lipinski definition) is 6. The first-order valence-corrected chi connectivity index (χ1v) is 6.94.